The number of anilines is 1. The van der Waals surface area contributed by atoms with Crippen LogP contribution in [0.2, 0.25) is 5.02 Å². The summed E-state index contributed by atoms with van der Waals surface area (Å²) in [5, 5.41) is 7.00. The fraction of sp³-hybridized carbons (Fsp3) is 0.136. The second kappa shape index (κ2) is 11.8. The fourth-order valence-electron chi connectivity index (χ4n) is 2.39. The number of nitrogens with one attached hydrogen (secondary N) is 1. The van der Waals surface area contributed by atoms with Crippen molar-refractivity contribution in [1.82, 2.24) is 0 Å². The molecule has 162 valence electrons. The van der Waals surface area contributed by atoms with E-state index in [4.69, 9.17) is 37.5 Å². The molecule has 0 saturated heterocycles. The first-order valence-electron chi connectivity index (χ1n) is 8.92. The number of ether oxygens (including phenoxy) is 2. The van der Waals surface area contributed by atoms with Crippen LogP contribution in [0.4, 0.5) is 10.5 Å². The lowest BCUT2D eigenvalue weighted by Crippen LogP contribution is -2.11. The summed E-state index contributed by atoms with van der Waals surface area (Å²) in [4.78, 5) is 28.8. The van der Waals surface area contributed by atoms with E-state index in [2.05, 4.69) is 10.5 Å². The maximum atomic E-state index is 12.1. The van der Waals surface area contributed by atoms with Gasteiger partial charge in [-0.05, 0) is 48.4 Å². The van der Waals surface area contributed by atoms with E-state index in [-0.39, 0.29) is 16.3 Å². The van der Waals surface area contributed by atoms with E-state index in [0.717, 1.165) is 0 Å². The van der Waals surface area contributed by atoms with E-state index in [1.807, 2.05) is 0 Å². The summed E-state index contributed by atoms with van der Waals surface area (Å²) in [5.74, 6) is -0.564. The summed E-state index contributed by atoms with van der Waals surface area (Å²) in [6, 6.07) is 13.5. The maximum absolute atomic E-state index is 12.1. The molecule has 0 aliphatic heterocycles. The number of nitrogens with zero attached hydrogens (tertiary/aromatic N) is 1. The molecule has 7 nitrogen and oxygen atoms in total. The molecule has 0 atom stereocenters. The third-order valence-electron chi connectivity index (χ3n) is 3.88. The number of hydrogen-bond donors (Lipinski definition) is 1. The number of esters is 1. The zero-order chi connectivity index (χ0) is 22.8. The van der Waals surface area contributed by atoms with Gasteiger partial charge in [0.05, 0.1) is 31.2 Å². The van der Waals surface area contributed by atoms with Crippen LogP contribution in [0, 0.1) is 0 Å². The highest BCUT2D eigenvalue weighted by molar-refractivity contribution is 6.45. The van der Waals surface area contributed by atoms with Crippen molar-refractivity contribution in [2.24, 2.45) is 5.16 Å². The van der Waals surface area contributed by atoms with Gasteiger partial charge in [-0.2, -0.15) is 0 Å². The normalized spacial score (nSPS) is 12.2. The summed E-state index contributed by atoms with van der Waals surface area (Å²) in [6.45, 7) is 1.57. The van der Waals surface area contributed by atoms with Crippen molar-refractivity contribution in [3.8, 4) is 0 Å². The molecule has 0 saturated carbocycles. The third kappa shape index (κ3) is 7.16. The van der Waals surface area contributed by atoms with Gasteiger partial charge in [-0.1, -0.05) is 52.6 Å². The van der Waals surface area contributed by atoms with Crippen LogP contribution in [0.3, 0.4) is 0 Å². The van der Waals surface area contributed by atoms with Gasteiger partial charge in [-0.25, -0.2) is 9.59 Å². The molecule has 0 heterocycles. The minimum atomic E-state index is -0.789. The number of oxime groups is 1. The van der Waals surface area contributed by atoms with E-state index in [1.54, 1.807) is 61.5 Å². The monoisotopic (exact) mass is 462 g/mol. The predicted octanol–water partition coefficient (Wildman–Crippen LogP) is 5.70. The highest BCUT2D eigenvalue weighted by Crippen LogP contribution is 2.24. The molecule has 2 rings (SSSR count). The Balaban J connectivity index is 2.18. The molecule has 1 N–H and O–H groups in total. The zero-order valence-corrected chi connectivity index (χ0v) is 18.5. The van der Waals surface area contributed by atoms with Crippen LogP contribution >= 0.6 is 23.2 Å². The van der Waals surface area contributed by atoms with E-state index in [9.17, 15) is 9.59 Å². The Labute approximate surface area is 189 Å². The quantitative estimate of drug-likeness (QED) is 0.142. The van der Waals surface area contributed by atoms with E-state index in [0.29, 0.717) is 21.8 Å². The lowest BCUT2D eigenvalue weighted by atomic mass is 10.00. The predicted molar refractivity (Wildman–Crippen MR) is 122 cm³/mol. The largest absolute Gasteiger partial charge is 0.503 e. The molecule has 0 aliphatic carbocycles. The number of halogens is 2. The first kappa shape index (κ1) is 24.0. The molecule has 0 unspecified atom stereocenters. The Morgan fingerprint density at radius 1 is 1.06 bits per heavy atom. The van der Waals surface area contributed by atoms with Crippen molar-refractivity contribution < 1.29 is 23.9 Å². The molecular formula is C22H20Cl2N2O5. The molecule has 0 bridgehead atoms. The molecule has 2 aromatic carbocycles. The lowest BCUT2D eigenvalue weighted by Gasteiger charge is -2.09. The molecule has 0 fully saturated rings. The second-order valence-electron chi connectivity index (χ2n) is 6.03. The number of benzene rings is 2. The van der Waals surface area contributed by atoms with Crippen molar-refractivity contribution in [1.29, 1.82) is 0 Å². The highest BCUT2D eigenvalue weighted by atomic mass is 35.5. The Kier molecular flexibility index (Phi) is 9.12. The smallest absolute Gasteiger partial charge is 0.437 e. The van der Waals surface area contributed by atoms with Crippen LogP contribution < -0.4 is 5.32 Å². The summed E-state index contributed by atoms with van der Waals surface area (Å²) >= 11 is 12.1. The summed E-state index contributed by atoms with van der Waals surface area (Å²) in [5.41, 5.74) is 2.12. The zero-order valence-electron chi connectivity index (χ0n) is 17.0. The standard InChI is InChI=1S/C22H20Cl2N2O5/c1-14(26-31-22(28)25-17-10-8-16(23)9-11-17)20(24)12-15-6-4-5-7-18(15)19(13-29-2)21(27)30-3/h4-13H,1-3H3,(H,25,28)/b19-13+,20-12?,26-14-. The number of allylic oxidation sites excluding steroid dienone is 1. The molecule has 1 amide bonds. The van der Waals surface area contributed by atoms with Crippen molar-refractivity contribution in [2.45, 2.75) is 6.92 Å². The second-order valence-corrected chi connectivity index (χ2v) is 6.87. The van der Waals surface area contributed by atoms with Gasteiger partial charge in [0.1, 0.15) is 5.57 Å². The van der Waals surface area contributed by atoms with Gasteiger partial charge in [-0.15, -0.1) is 0 Å². The van der Waals surface area contributed by atoms with Gasteiger partial charge in [-0.3, -0.25) is 10.2 Å². The summed E-state index contributed by atoms with van der Waals surface area (Å²) in [7, 11) is 2.71. The van der Waals surface area contributed by atoms with E-state index >= 15 is 0 Å². The molecule has 31 heavy (non-hydrogen) atoms. The van der Waals surface area contributed by atoms with Crippen LogP contribution in [0.1, 0.15) is 18.1 Å². The molecule has 0 radical (unpaired) electrons. The number of amides is 1. The van der Waals surface area contributed by atoms with Crippen molar-refractivity contribution in [2.75, 3.05) is 19.5 Å². The fourth-order valence-corrected chi connectivity index (χ4v) is 2.66. The van der Waals surface area contributed by atoms with Gasteiger partial charge < -0.3 is 9.47 Å². The lowest BCUT2D eigenvalue weighted by molar-refractivity contribution is -0.133. The Hall–Kier alpha value is -3.29. The van der Waals surface area contributed by atoms with E-state index < -0.39 is 12.1 Å². The molecule has 0 aliphatic rings. The molecule has 0 spiro atoms. The van der Waals surface area contributed by atoms with Gasteiger partial charge in [0.25, 0.3) is 0 Å². The van der Waals surface area contributed by atoms with Gasteiger partial charge in [0.15, 0.2) is 0 Å². The van der Waals surface area contributed by atoms with Crippen LogP contribution in [-0.2, 0) is 19.1 Å². The number of rotatable bonds is 7. The summed E-state index contributed by atoms with van der Waals surface area (Å²) < 4.78 is 9.81. The van der Waals surface area contributed by atoms with Crippen molar-refractivity contribution in [3.05, 3.63) is 76.0 Å². The van der Waals surface area contributed by atoms with Crippen LogP contribution in [0.5, 0.6) is 0 Å². The van der Waals surface area contributed by atoms with Crippen LogP contribution in [-0.4, -0.2) is 32.0 Å². The minimum absolute atomic E-state index is 0.202. The van der Waals surface area contributed by atoms with Crippen molar-refractivity contribution >= 4 is 58.3 Å². The average Bonchev–Trinajstić information content (AvgIpc) is 2.77. The highest BCUT2D eigenvalue weighted by Gasteiger charge is 2.16. The SMILES string of the molecule is CO/C=C(/C(=O)OC)c1ccccc1C=C(Cl)/C(C)=N\OC(=O)Nc1ccc(Cl)cc1. The number of carbonyl (C=O) groups is 2. The average molecular weight is 463 g/mol. The van der Waals surface area contributed by atoms with Crippen molar-refractivity contribution in [3.63, 3.8) is 0 Å². The molecule has 0 aromatic heterocycles. The first-order chi connectivity index (χ1) is 14.8. The summed E-state index contributed by atoms with van der Waals surface area (Å²) in [6.07, 6.45) is 2.09. The number of carbonyl (C=O) groups excluding carboxylic acids is 2. The van der Waals surface area contributed by atoms with E-state index in [1.165, 1.54) is 20.5 Å². The van der Waals surface area contributed by atoms with Crippen LogP contribution in [0.15, 0.2) is 65.0 Å². The Morgan fingerprint density at radius 3 is 2.39 bits per heavy atom. The van der Waals surface area contributed by atoms with Gasteiger partial charge in [0.2, 0.25) is 0 Å². The Morgan fingerprint density at radius 2 is 1.74 bits per heavy atom. The molecule has 9 heteroatoms. The van der Waals surface area contributed by atoms with Gasteiger partial charge in [0, 0.05) is 10.7 Å². The molecule has 2 aromatic rings. The van der Waals surface area contributed by atoms with Crippen LogP contribution in [0.25, 0.3) is 11.6 Å². The van der Waals surface area contributed by atoms with Gasteiger partial charge >= 0.3 is 12.1 Å². The third-order valence-corrected chi connectivity index (χ3v) is 4.51. The first-order valence-corrected chi connectivity index (χ1v) is 9.67. The maximum Gasteiger partial charge on any atom is 0.437 e. The minimum Gasteiger partial charge on any atom is -0.503 e. The Bertz CT molecular complexity index is 1030. The molecular weight excluding hydrogens is 443 g/mol. The number of hydrogen-bond acceptors (Lipinski definition) is 6. The topological polar surface area (TPSA) is 86.2 Å². The number of methoxy groups -OCH3 is 2.